The summed E-state index contributed by atoms with van der Waals surface area (Å²) in [5.41, 5.74) is 3.32. The van der Waals surface area contributed by atoms with Crippen LogP contribution < -0.4 is 4.74 Å². The summed E-state index contributed by atoms with van der Waals surface area (Å²) in [6, 6.07) is 25.9. The summed E-state index contributed by atoms with van der Waals surface area (Å²) >= 11 is 0. The first-order valence-corrected chi connectivity index (χ1v) is 14.6. The quantitative estimate of drug-likeness (QED) is 0.270. The number of methoxy groups -OCH3 is 1. The number of alkyl halides is 3. The van der Waals surface area contributed by atoms with E-state index >= 15 is 0 Å². The number of benzene rings is 3. The molecule has 0 radical (unpaired) electrons. The maximum atomic E-state index is 13.6. The molecule has 2 saturated heterocycles. The lowest BCUT2D eigenvalue weighted by Gasteiger charge is -2.53. The molecule has 1 amide bonds. The maximum absolute atomic E-state index is 13.6. The Kier molecular flexibility index (Phi) is 11.3. The maximum Gasteiger partial charge on any atom is 0.453 e. The first-order chi connectivity index (χ1) is 21.2. The molecule has 0 spiro atoms. The lowest BCUT2D eigenvalue weighted by atomic mass is 9.81. The second kappa shape index (κ2) is 14.8. The smallest absolute Gasteiger partial charge is 0.453 e. The molecule has 46 heavy (non-hydrogen) atoms. The number of nitrogens with zero attached hydrogens (tertiary/aromatic N) is 7. The fraction of sp³-hybridized carbons (Fsp3) is 0.375. The van der Waals surface area contributed by atoms with Gasteiger partial charge in [-0.15, -0.1) is 29.9 Å². The van der Waals surface area contributed by atoms with Crippen molar-refractivity contribution < 1.29 is 22.7 Å². The minimum atomic E-state index is -4.71. The Hall–Kier alpha value is -3.71. The van der Waals surface area contributed by atoms with Gasteiger partial charge in [0.2, 0.25) is 5.91 Å². The zero-order valence-electron chi connectivity index (χ0n) is 25.4. The number of hydrogen-bond acceptors (Lipinski definition) is 7. The van der Waals surface area contributed by atoms with Crippen LogP contribution in [0.5, 0.6) is 5.75 Å². The third-order valence-electron chi connectivity index (χ3n) is 8.64. The molecule has 0 bridgehead atoms. The van der Waals surface area contributed by atoms with Gasteiger partial charge in [0, 0.05) is 69.8 Å². The van der Waals surface area contributed by atoms with E-state index in [0.29, 0.717) is 43.2 Å². The van der Waals surface area contributed by atoms with Gasteiger partial charge in [-0.3, -0.25) is 14.6 Å². The van der Waals surface area contributed by atoms with Gasteiger partial charge in [0.25, 0.3) is 5.82 Å². The lowest BCUT2D eigenvalue weighted by Crippen LogP contribution is -2.67. The fourth-order valence-corrected chi connectivity index (χ4v) is 6.68. The number of hydrogen-bond donors (Lipinski definition) is 0. The van der Waals surface area contributed by atoms with Crippen LogP contribution in [0.3, 0.4) is 0 Å². The van der Waals surface area contributed by atoms with E-state index < -0.39 is 12.0 Å². The summed E-state index contributed by atoms with van der Waals surface area (Å²) in [5, 5.41) is 10.1. The van der Waals surface area contributed by atoms with E-state index in [9.17, 15) is 18.0 Å². The van der Waals surface area contributed by atoms with Crippen LogP contribution in [-0.2, 0) is 17.5 Å². The predicted octanol–water partition coefficient (Wildman–Crippen LogP) is 5.08. The number of ether oxygens (including phenoxy) is 1. The van der Waals surface area contributed by atoms with Crippen molar-refractivity contribution in [2.45, 2.75) is 37.6 Å². The first kappa shape index (κ1) is 35.1. The van der Waals surface area contributed by atoms with Crippen LogP contribution >= 0.6 is 24.8 Å². The summed E-state index contributed by atoms with van der Waals surface area (Å²) in [7, 11) is 1.55. The van der Waals surface area contributed by atoms with Gasteiger partial charge in [0.15, 0.2) is 0 Å². The highest BCUT2D eigenvalue weighted by Crippen LogP contribution is 2.37. The van der Waals surface area contributed by atoms with Gasteiger partial charge < -0.3 is 9.64 Å². The second-order valence-corrected chi connectivity index (χ2v) is 11.3. The van der Waals surface area contributed by atoms with Crippen molar-refractivity contribution in [1.29, 1.82) is 0 Å². The van der Waals surface area contributed by atoms with Gasteiger partial charge in [0.05, 0.1) is 12.8 Å². The van der Waals surface area contributed by atoms with Crippen molar-refractivity contribution in [1.82, 2.24) is 34.9 Å². The van der Waals surface area contributed by atoms with Gasteiger partial charge in [-0.25, -0.2) is 0 Å². The molecular formula is C32H36Cl2F3N7O2. The Bertz CT molecular complexity index is 1550. The van der Waals surface area contributed by atoms with Gasteiger partial charge in [-0.2, -0.15) is 17.9 Å². The van der Waals surface area contributed by atoms with Crippen LogP contribution in [0.25, 0.3) is 5.69 Å². The average molecular weight is 679 g/mol. The topological polar surface area (TPSA) is 79.6 Å². The highest BCUT2D eigenvalue weighted by Gasteiger charge is 2.43. The molecule has 0 unspecified atom stereocenters. The number of tetrazole rings is 1. The molecule has 3 aromatic carbocycles. The number of amides is 1. The van der Waals surface area contributed by atoms with E-state index in [1.54, 1.807) is 26.2 Å². The Morgan fingerprint density at radius 3 is 2.17 bits per heavy atom. The van der Waals surface area contributed by atoms with E-state index in [1.165, 1.54) is 17.2 Å². The Morgan fingerprint density at radius 1 is 0.935 bits per heavy atom. The van der Waals surface area contributed by atoms with Crippen molar-refractivity contribution in [2.75, 3.05) is 39.8 Å². The van der Waals surface area contributed by atoms with E-state index in [4.69, 9.17) is 4.74 Å². The normalized spacial score (nSPS) is 18.8. The SMILES string of the molecule is COc1ccc(-n2nnnc2C(F)(F)F)cc1CN1C[C@@H]2CN(C(C)=O)CCN2[C@H](C(c2ccccc2)c2ccccc2)C1.Cl.Cl. The average Bonchev–Trinajstić information content (AvgIpc) is 3.53. The summed E-state index contributed by atoms with van der Waals surface area (Å²) < 4.78 is 47.2. The third-order valence-corrected chi connectivity index (χ3v) is 8.64. The number of aromatic nitrogens is 4. The minimum absolute atomic E-state index is 0. The Labute approximate surface area is 278 Å². The number of carbonyl (C=O) groups excluding carboxylic acids is 1. The van der Waals surface area contributed by atoms with Crippen molar-refractivity contribution in [3.63, 3.8) is 0 Å². The zero-order chi connectivity index (χ0) is 30.8. The molecule has 2 atom stereocenters. The van der Waals surface area contributed by atoms with Gasteiger partial charge in [-0.1, -0.05) is 60.7 Å². The monoisotopic (exact) mass is 677 g/mol. The van der Waals surface area contributed by atoms with Crippen molar-refractivity contribution in [2.24, 2.45) is 0 Å². The van der Waals surface area contributed by atoms with Gasteiger partial charge in [0.1, 0.15) is 5.75 Å². The first-order valence-electron chi connectivity index (χ1n) is 14.6. The molecule has 9 nitrogen and oxygen atoms in total. The summed E-state index contributed by atoms with van der Waals surface area (Å²) in [5.74, 6) is -0.513. The molecule has 14 heteroatoms. The highest BCUT2D eigenvalue weighted by molar-refractivity contribution is 5.85. The number of rotatable bonds is 7. The molecule has 1 aromatic heterocycles. The third kappa shape index (κ3) is 7.30. The van der Waals surface area contributed by atoms with Crippen molar-refractivity contribution in [3.05, 3.63) is 101 Å². The van der Waals surface area contributed by atoms with Crippen molar-refractivity contribution >= 4 is 30.7 Å². The standard InChI is InChI=1S/C32H34F3N7O2.2ClH/c1-22(43)40-15-16-41-27(20-40)19-39(21-28(41)30(23-9-5-3-6-10-23)24-11-7-4-8-12-24)18-25-17-26(13-14-29(25)44-2)42-31(32(33,34)35)36-37-38-42;;/h3-14,17,27-28,30H,15-16,18-21H2,1-2H3;2*1H/t27-,28+;;/m1../s1. The summed E-state index contributed by atoms with van der Waals surface area (Å²) in [4.78, 5) is 19.2. The van der Waals surface area contributed by atoms with Crippen LogP contribution in [-0.4, -0.2) is 92.7 Å². The molecule has 2 aliphatic rings. The van der Waals surface area contributed by atoms with E-state index in [0.717, 1.165) is 12.1 Å². The van der Waals surface area contributed by atoms with Crippen LogP contribution in [0.15, 0.2) is 78.9 Å². The molecule has 3 heterocycles. The second-order valence-electron chi connectivity index (χ2n) is 11.3. The molecule has 246 valence electrons. The molecule has 0 saturated carbocycles. The molecule has 2 aliphatic heterocycles. The van der Waals surface area contributed by atoms with Crippen molar-refractivity contribution in [3.8, 4) is 11.4 Å². The number of piperazine rings is 2. The number of carbonyl (C=O) groups is 1. The minimum Gasteiger partial charge on any atom is -0.496 e. The molecule has 0 N–H and O–H groups in total. The number of fused-ring (bicyclic) bond motifs is 1. The van der Waals surface area contributed by atoms with Crippen LogP contribution in [0.2, 0.25) is 0 Å². The predicted molar refractivity (Wildman–Crippen MR) is 172 cm³/mol. The largest absolute Gasteiger partial charge is 0.496 e. The summed E-state index contributed by atoms with van der Waals surface area (Å²) in [6.07, 6.45) is -4.71. The van der Waals surface area contributed by atoms with Gasteiger partial charge in [-0.05, 0) is 39.8 Å². The zero-order valence-corrected chi connectivity index (χ0v) is 27.0. The lowest BCUT2D eigenvalue weighted by molar-refractivity contribution is -0.146. The highest BCUT2D eigenvalue weighted by atomic mass is 35.5. The Balaban J connectivity index is 0.00000240. The van der Waals surface area contributed by atoms with Crippen LogP contribution in [0, 0.1) is 0 Å². The Morgan fingerprint density at radius 2 is 1.59 bits per heavy atom. The van der Waals surface area contributed by atoms with Crippen LogP contribution in [0.4, 0.5) is 13.2 Å². The van der Waals surface area contributed by atoms with Crippen LogP contribution in [0.1, 0.15) is 35.4 Å². The summed E-state index contributed by atoms with van der Waals surface area (Å²) in [6.45, 7) is 5.46. The van der Waals surface area contributed by atoms with E-state index in [-0.39, 0.29) is 54.4 Å². The van der Waals surface area contributed by atoms with E-state index in [2.05, 4.69) is 73.9 Å². The fourth-order valence-electron chi connectivity index (χ4n) is 6.68. The molecule has 0 aliphatic carbocycles. The molecule has 4 aromatic rings. The van der Waals surface area contributed by atoms with Gasteiger partial charge >= 0.3 is 6.18 Å². The molecule has 2 fully saturated rings. The number of halogens is 5. The molecule has 6 rings (SSSR count). The molecular weight excluding hydrogens is 642 g/mol. The van der Waals surface area contributed by atoms with E-state index in [1.807, 2.05) is 17.0 Å².